The van der Waals surface area contributed by atoms with E-state index in [1.165, 1.54) is 0 Å². The molecule has 0 bridgehead atoms. The molecular weight excluding hydrogens is 418 g/mol. The maximum absolute atomic E-state index is 12.7. The molecule has 1 aliphatic rings. The highest BCUT2D eigenvalue weighted by molar-refractivity contribution is 7.80. The van der Waals surface area contributed by atoms with E-state index >= 15 is 0 Å². The molecule has 2 aromatic heterocycles. The number of hydrogen-bond acceptors (Lipinski definition) is 3. The average Bonchev–Trinajstić information content (AvgIpc) is 3.39. The summed E-state index contributed by atoms with van der Waals surface area (Å²) in [4.78, 5) is 19.4. The summed E-state index contributed by atoms with van der Waals surface area (Å²) in [7, 11) is 0. The molecule has 2 N–H and O–H groups in total. The van der Waals surface area contributed by atoms with Gasteiger partial charge < -0.3 is 20.1 Å². The zero-order valence-corrected chi connectivity index (χ0v) is 19.5. The van der Waals surface area contributed by atoms with E-state index in [4.69, 9.17) is 12.2 Å². The number of aromatic nitrogens is 2. The lowest BCUT2D eigenvalue weighted by molar-refractivity contribution is -0.116. The number of benzene rings is 1. The first-order chi connectivity index (χ1) is 15.4. The van der Waals surface area contributed by atoms with E-state index in [1.54, 1.807) is 6.20 Å². The molecule has 4 rings (SSSR count). The summed E-state index contributed by atoms with van der Waals surface area (Å²) in [5.41, 5.74) is 3.98. The molecule has 0 saturated carbocycles. The largest absolute Gasteiger partial charge is 0.352 e. The number of rotatable bonds is 7. The van der Waals surface area contributed by atoms with Gasteiger partial charge in [0.25, 0.3) is 0 Å². The van der Waals surface area contributed by atoms with Crippen LogP contribution in [-0.2, 0) is 4.79 Å². The number of pyridine rings is 1. The van der Waals surface area contributed by atoms with Gasteiger partial charge in [0.1, 0.15) is 0 Å². The molecule has 1 saturated heterocycles. The standard InChI is InChI=1S/C25H29N5OS/c1-17(2)29-14-11-19(16-29)24-23(21-10-6-7-13-26-21)28-25(32)30(24)15-12-22(31)27-20-9-5-4-8-18(20)3/h4-11,13-14,16-17,23-24H,12,15H2,1-3H3,(H,27,31)(H,28,32)/t23-,24+/m0/s1. The summed E-state index contributed by atoms with van der Waals surface area (Å²) in [5, 5.41) is 7.11. The second-order valence-electron chi connectivity index (χ2n) is 8.42. The number of aryl methyl sites for hydroxylation is 1. The van der Waals surface area contributed by atoms with E-state index in [2.05, 4.69) is 57.4 Å². The van der Waals surface area contributed by atoms with Crippen molar-refractivity contribution in [2.24, 2.45) is 0 Å². The second-order valence-corrected chi connectivity index (χ2v) is 8.81. The quantitative estimate of drug-likeness (QED) is 0.511. The maximum atomic E-state index is 12.7. The number of amides is 1. The van der Waals surface area contributed by atoms with Crippen molar-refractivity contribution in [3.8, 4) is 0 Å². The van der Waals surface area contributed by atoms with Gasteiger partial charge in [-0.05, 0) is 68.4 Å². The van der Waals surface area contributed by atoms with Gasteiger partial charge in [0, 0.05) is 43.3 Å². The molecule has 0 radical (unpaired) electrons. The minimum absolute atomic E-state index is 0.0260. The van der Waals surface area contributed by atoms with Crippen LogP contribution in [0.2, 0.25) is 0 Å². The Morgan fingerprint density at radius 1 is 1.19 bits per heavy atom. The number of anilines is 1. The Kier molecular flexibility index (Phi) is 6.55. The fourth-order valence-electron chi connectivity index (χ4n) is 4.08. The van der Waals surface area contributed by atoms with Gasteiger partial charge in [-0.2, -0.15) is 0 Å². The van der Waals surface area contributed by atoms with Crippen LogP contribution >= 0.6 is 12.2 Å². The lowest BCUT2D eigenvalue weighted by Crippen LogP contribution is -2.32. The van der Waals surface area contributed by atoms with E-state index < -0.39 is 0 Å². The lowest BCUT2D eigenvalue weighted by atomic mass is 9.99. The summed E-state index contributed by atoms with van der Waals surface area (Å²) < 4.78 is 2.19. The van der Waals surface area contributed by atoms with Crippen molar-refractivity contribution in [2.45, 2.75) is 45.3 Å². The van der Waals surface area contributed by atoms with Gasteiger partial charge in [0.15, 0.2) is 5.11 Å². The molecule has 0 unspecified atom stereocenters. The first kappa shape index (κ1) is 22.0. The zero-order valence-electron chi connectivity index (χ0n) is 18.7. The van der Waals surface area contributed by atoms with Crippen LogP contribution in [0, 0.1) is 6.92 Å². The molecule has 7 heteroatoms. The van der Waals surface area contributed by atoms with Crippen molar-refractivity contribution in [1.29, 1.82) is 0 Å². The molecule has 3 heterocycles. The average molecular weight is 448 g/mol. The predicted molar refractivity (Wildman–Crippen MR) is 131 cm³/mol. The number of para-hydroxylation sites is 1. The number of carbonyl (C=O) groups is 1. The molecular formula is C25H29N5OS. The smallest absolute Gasteiger partial charge is 0.226 e. The molecule has 3 aromatic rings. The Balaban J connectivity index is 1.55. The van der Waals surface area contributed by atoms with Gasteiger partial charge >= 0.3 is 0 Å². The first-order valence-electron chi connectivity index (χ1n) is 10.9. The molecule has 32 heavy (non-hydrogen) atoms. The number of carbonyl (C=O) groups excluding carboxylic acids is 1. The molecule has 1 aliphatic heterocycles. The van der Waals surface area contributed by atoms with Gasteiger partial charge in [0.2, 0.25) is 5.91 Å². The number of nitrogens with one attached hydrogen (secondary N) is 2. The van der Waals surface area contributed by atoms with Crippen LogP contribution in [0.25, 0.3) is 0 Å². The highest BCUT2D eigenvalue weighted by Crippen LogP contribution is 2.39. The van der Waals surface area contributed by atoms with E-state index in [0.717, 1.165) is 22.5 Å². The number of hydrogen-bond donors (Lipinski definition) is 2. The summed E-state index contributed by atoms with van der Waals surface area (Å²) >= 11 is 5.70. The minimum Gasteiger partial charge on any atom is -0.352 e. The Morgan fingerprint density at radius 3 is 2.66 bits per heavy atom. The SMILES string of the molecule is Cc1ccccc1NC(=O)CCN1C(=S)N[C@@H](c2ccccn2)[C@H]1c1ccn(C(C)C)c1. The van der Waals surface area contributed by atoms with Crippen LogP contribution < -0.4 is 10.6 Å². The monoisotopic (exact) mass is 447 g/mol. The van der Waals surface area contributed by atoms with Gasteiger partial charge in [0.05, 0.1) is 17.8 Å². The van der Waals surface area contributed by atoms with Gasteiger partial charge in [-0.15, -0.1) is 0 Å². The van der Waals surface area contributed by atoms with Crippen molar-refractivity contribution in [3.05, 3.63) is 83.9 Å². The number of thiocarbonyl (C=S) groups is 1. The normalized spacial score (nSPS) is 18.1. The van der Waals surface area contributed by atoms with E-state index in [-0.39, 0.29) is 18.0 Å². The highest BCUT2D eigenvalue weighted by atomic mass is 32.1. The van der Waals surface area contributed by atoms with Gasteiger partial charge in [-0.3, -0.25) is 9.78 Å². The third-order valence-corrected chi connectivity index (χ3v) is 6.22. The first-order valence-corrected chi connectivity index (χ1v) is 11.4. The number of nitrogens with zero attached hydrogens (tertiary/aromatic N) is 3. The molecule has 0 spiro atoms. The van der Waals surface area contributed by atoms with Crippen molar-refractivity contribution in [1.82, 2.24) is 19.8 Å². The van der Waals surface area contributed by atoms with Crippen molar-refractivity contribution >= 4 is 28.9 Å². The summed E-state index contributed by atoms with van der Waals surface area (Å²) in [5.74, 6) is -0.0260. The lowest BCUT2D eigenvalue weighted by Gasteiger charge is -2.27. The molecule has 6 nitrogen and oxygen atoms in total. The van der Waals surface area contributed by atoms with Crippen molar-refractivity contribution in [3.63, 3.8) is 0 Å². The molecule has 2 atom stereocenters. The highest BCUT2D eigenvalue weighted by Gasteiger charge is 2.40. The van der Waals surface area contributed by atoms with Crippen LogP contribution in [0.3, 0.4) is 0 Å². The molecule has 1 aromatic carbocycles. The van der Waals surface area contributed by atoms with E-state index in [9.17, 15) is 4.79 Å². The van der Waals surface area contributed by atoms with Crippen LogP contribution in [-0.4, -0.2) is 32.0 Å². The summed E-state index contributed by atoms with van der Waals surface area (Å²) in [6, 6.07) is 16.1. The van der Waals surface area contributed by atoms with Crippen molar-refractivity contribution < 1.29 is 4.79 Å². The van der Waals surface area contributed by atoms with Crippen LogP contribution in [0.1, 0.15) is 55.2 Å². The minimum atomic E-state index is -0.0776. The maximum Gasteiger partial charge on any atom is 0.226 e. The molecule has 1 amide bonds. The van der Waals surface area contributed by atoms with Crippen LogP contribution in [0.15, 0.2) is 67.1 Å². The molecule has 0 aliphatic carbocycles. The summed E-state index contributed by atoms with van der Waals surface area (Å²) in [6.07, 6.45) is 6.41. The molecule has 166 valence electrons. The Morgan fingerprint density at radius 2 is 1.97 bits per heavy atom. The predicted octanol–water partition coefficient (Wildman–Crippen LogP) is 4.77. The topological polar surface area (TPSA) is 62.2 Å². The van der Waals surface area contributed by atoms with E-state index in [0.29, 0.717) is 24.1 Å². The Hall–Kier alpha value is -3.19. The van der Waals surface area contributed by atoms with Gasteiger partial charge in [-0.1, -0.05) is 24.3 Å². The van der Waals surface area contributed by atoms with E-state index in [1.807, 2.05) is 49.4 Å². The third-order valence-electron chi connectivity index (χ3n) is 5.87. The van der Waals surface area contributed by atoms with Gasteiger partial charge in [-0.25, -0.2) is 0 Å². The van der Waals surface area contributed by atoms with Crippen molar-refractivity contribution in [2.75, 3.05) is 11.9 Å². The zero-order chi connectivity index (χ0) is 22.7. The summed E-state index contributed by atoms with van der Waals surface area (Å²) in [6.45, 7) is 6.82. The Bertz CT molecular complexity index is 1090. The Labute approximate surface area is 194 Å². The van der Waals surface area contributed by atoms with Crippen LogP contribution in [0.5, 0.6) is 0 Å². The molecule has 1 fully saturated rings. The van der Waals surface area contributed by atoms with Crippen LogP contribution in [0.4, 0.5) is 5.69 Å². The third kappa shape index (κ3) is 4.67. The fraction of sp³-hybridized carbons (Fsp3) is 0.320. The second kappa shape index (κ2) is 9.53. The fourth-order valence-corrected chi connectivity index (χ4v) is 4.42.